The van der Waals surface area contributed by atoms with Crippen molar-refractivity contribution >= 4 is 17.5 Å². The molecule has 3 rings (SSSR count). The van der Waals surface area contributed by atoms with Gasteiger partial charge in [-0.05, 0) is 32.3 Å². The molecule has 150 valence electrons. The molecule has 0 radical (unpaired) electrons. The molecular formula is C20H26N4O4. The van der Waals surface area contributed by atoms with Crippen molar-refractivity contribution in [3.8, 4) is 17.2 Å². The van der Waals surface area contributed by atoms with E-state index in [-0.39, 0.29) is 5.91 Å². The Balaban J connectivity index is 1.88. The number of nitrogens with zero attached hydrogens (tertiary/aromatic N) is 3. The van der Waals surface area contributed by atoms with Crippen LogP contribution in [0.15, 0.2) is 18.2 Å². The highest BCUT2D eigenvalue weighted by Crippen LogP contribution is 2.40. The lowest BCUT2D eigenvalue weighted by Gasteiger charge is -2.26. The highest BCUT2D eigenvalue weighted by atomic mass is 16.5. The zero-order valence-corrected chi connectivity index (χ0v) is 16.7. The van der Waals surface area contributed by atoms with Crippen molar-refractivity contribution in [2.75, 3.05) is 39.7 Å². The number of aromatic nitrogens is 2. The van der Waals surface area contributed by atoms with Crippen LogP contribution in [0.2, 0.25) is 0 Å². The molecule has 0 spiro atoms. The molecule has 0 aliphatic carbocycles. The third kappa shape index (κ3) is 4.27. The Morgan fingerprint density at radius 1 is 0.964 bits per heavy atom. The van der Waals surface area contributed by atoms with Crippen LogP contribution >= 0.6 is 0 Å². The van der Waals surface area contributed by atoms with E-state index in [1.807, 2.05) is 11.8 Å². The van der Waals surface area contributed by atoms with Crippen LogP contribution in [0.5, 0.6) is 17.2 Å². The number of piperidine rings is 1. The number of likely N-dealkylation sites (tertiary alicyclic amines) is 1. The van der Waals surface area contributed by atoms with E-state index in [0.29, 0.717) is 40.3 Å². The Labute approximate surface area is 164 Å². The number of aryl methyl sites for hydroxylation is 1. The van der Waals surface area contributed by atoms with Crippen LogP contribution in [0.4, 0.5) is 11.6 Å². The van der Waals surface area contributed by atoms with Crippen LogP contribution in [-0.2, 0) is 0 Å². The topological polar surface area (TPSA) is 85.8 Å². The highest BCUT2D eigenvalue weighted by molar-refractivity contribution is 5.92. The predicted octanol–water partition coefficient (Wildman–Crippen LogP) is 3.18. The van der Waals surface area contributed by atoms with Crippen LogP contribution in [0, 0.1) is 6.92 Å². The number of carbonyl (C=O) groups is 1. The molecule has 1 N–H and O–H groups in total. The van der Waals surface area contributed by atoms with E-state index in [2.05, 4.69) is 15.3 Å². The zero-order valence-electron chi connectivity index (χ0n) is 16.7. The summed E-state index contributed by atoms with van der Waals surface area (Å²) in [7, 11) is 4.66. The number of methoxy groups -OCH3 is 3. The van der Waals surface area contributed by atoms with E-state index >= 15 is 0 Å². The molecule has 1 amide bonds. The average Bonchev–Trinajstić information content (AvgIpc) is 2.72. The van der Waals surface area contributed by atoms with Crippen molar-refractivity contribution in [3.63, 3.8) is 0 Å². The fraction of sp³-hybridized carbons (Fsp3) is 0.450. The van der Waals surface area contributed by atoms with Gasteiger partial charge >= 0.3 is 0 Å². The van der Waals surface area contributed by atoms with Gasteiger partial charge < -0.3 is 24.4 Å². The zero-order chi connectivity index (χ0) is 20.1. The maximum Gasteiger partial charge on any atom is 0.272 e. The minimum atomic E-state index is -0.0573. The van der Waals surface area contributed by atoms with Crippen molar-refractivity contribution in [2.45, 2.75) is 26.2 Å². The van der Waals surface area contributed by atoms with Crippen LogP contribution in [0.25, 0.3) is 0 Å². The number of hydrogen-bond donors (Lipinski definition) is 1. The first-order valence-electron chi connectivity index (χ1n) is 9.27. The predicted molar refractivity (Wildman–Crippen MR) is 106 cm³/mol. The van der Waals surface area contributed by atoms with Gasteiger partial charge in [0.2, 0.25) is 11.7 Å². The van der Waals surface area contributed by atoms with Gasteiger partial charge in [0, 0.05) is 36.6 Å². The van der Waals surface area contributed by atoms with Gasteiger partial charge in [-0.2, -0.15) is 0 Å². The van der Waals surface area contributed by atoms with E-state index < -0.39 is 0 Å². The molecule has 0 bridgehead atoms. The second kappa shape index (κ2) is 8.77. The number of hydrogen-bond acceptors (Lipinski definition) is 7. The molecule has 28 heavy (non-hydrogen) atoms. The number of anilines is 2. The third-order valence-corrected chi connectivity index (χ3v) is 4.64. The maximum absolute atomic E-state index is 12.8. The quantitative estimate of drug-likeness (QED) is 0.816. The van der Waals surface area contributed by atoms with Crippen LogP contribution in [-0.4, -0.2) is 55.2 Å². The SMILES string of the molecule is COc1cc(Nc2nc(C)cc(C(=O)N3CCCCC3)n2)cc(OC)c1OC. The average molecular weight is 386 g/mol. The summed E-state index contributed by atoms with van der Waals surface area (Å²) in [6, 6.07) is 5.25. The fourth-order valence-corrected chi connectivity index (χ4v) is 3.28. The minimum Gasteiger partial charge on any atom is -0.493 e. The molecule has 1 aliphatic heterocycles. The summed E-state index contributed by atoms with van der Waals surface area (Å²) >= 11 is 0. The van der Waals surface area contributed by atoms with Gasteiger partial charge in [-0.15, -0.1) is 0 Å². The molecule has 1 saturated heterocycles. The molecule has 0 unspecified atom stereocenters. The monoisotopic (exact) mass is 386 g/mol. The summed E-state index contributed by atoms with van der Waals surface area (Å²) in [5.41, 5.74) is 1.77. The van der Waals surface area contributed by atoms with Crippen molar-refractivity contribution in [1.29, 1.82) is 0 Å². The first-order valence-corrected chi connectivity index (χ1v) is 9.27. The Hall–Kier alpha value is -3.03. The maximum atomic E-state index is 12.8. The van der Waals surface area contributed by atoms with Gasteiger partial charge in [0.1, 0.15) is 5.69 Å². The molecule has 8 nitrogen and oxygen atoms in total. The summed E-state index contributed by atoms with van der Waals surface area (Å²) in [4.78, 5) is 23.5. The number of amides is 1. The molecule has 8 heteroatoms. The fourth-order valence-electron chi connectivity index (χ4n) is 3.28. The first-order chi connectivity index (χ1) is 13.5. The van der Waals surface area contributed by atoms with Crippen molar-refractivity contribution in [1.82, 2.24) is 14.9 Å². The number of carbonyl (C=O) groups excluding carboxylic acids is 1. The number of rotatable bonds is 6. The molecule has 1 fully saturated rings. The summed E-state index contributed by atoms with van der Waals surface area (Å²) in [6.07, 6.45) is 3.24. The highest BCUT2D eigenvalue weighted by Gasteiger charge is 2.21. The van der Waals surface area contributed by atoms with Crippen molar-refractivity contribution in [3.05, 3.63) is 29.6 Å². The number of benzene rings is 1. The summed E-state index contributed by atoms with van der Waals surface area (Å²) in [6.45, 7) is 3.39. The normalized spacial score (nSPS) is 13.8. The summed E-state index contributed by atoms with van der Waals surface area (Å²) in [5.74, 6) is 1.82. The van der Waals surface area contributed by atoms with Crippen LogP contribution < -0.4 is 19.5 Å². The lowest BCUT2D eigenvalue weighted by molar-refractivity contribution is 0.0718. The van der Waals surface area contributed by atoms with Crippen LogP contribution in [0.3, 0.4) is 0 Å². The van der Waals surface area contributed by atoms with Gasteiger partial charge in [0.25, 0.3) is 5.91 Å². The molecular weight excluding hydrogens is 360 g/mol. The van der Waals surface area contributed by atoms with Gasteiger partial charge in [-0.25, -0.2) is 9.97 Å². The summed E-state index contributed by atoms with van der Waals surface area (Å²) in [5, 5.41) is 3.14. The Kier molecular flexibility index (Phi) is 6.18. The lowest BCUT2D eigenvalue weighted by atomic mass is 10.1. The second-order valence-corrected chi connectivity index (χ2v) is 6.61. The van der Waals surface area contributed by atoms with E-state index in [4.69, 9.17) is 14.2 Å². The minimum absolute atomic E-state index is 0.0573. The Morgan fingerprint density at radius 3 is 2.18 bits per heavy atom. The van der Waals surface area contributed by atoms with E-state index in [0.717, 1.165) is 25.9 Å². The first kappa shape index (κ1) is 19.7. The van der Waals surface area contributed by atoms with Crippen LogP contribution in [0.1, 0.15) is 35.4 Å². The van der Waals surface area contributed by atoms with E-state index in [1.54, 1.807) is 39.5 Å². The second-order valence-electron chi connectivity index (χ2n) is 6.61. The molecule has 0 atom stereocenters. The third-order valence-electron chi connectivity index (χ3n) is 4.64. The number of ether oxygens (including phenoxy) is 3. The smallest absolute Gasteiger partial charge is 0.272 e. The molecule has 2 heterocycles. The summed E-state index contributed by atoms with van der Waals surface area (Å²) < 4.78 is 16.1. The van der Waals surface area contributed by atoms with Gasteiger partial charge in [0.05, 0.1) is 21.3 Å². The van der Waals surface area contributed by atoms with E-state index in [1.165, 1.54) is 6.42 Å². The van der Waals surface area contributed by atoms with Crippen molar-refractivity contribution < 1.29 is 19.0 Å². The van der Waals surface area contributed by atoms with E-state index in [9.17, 15) is 4.79 Å². The Morgan fingerprint density at radius 2 is 1.61 bits per heavy atom. The molecule has 1 aliphatic rings. The largest absolute Gasteiger partial charge is 0.493 e. The molecule has 1 aromatic heterocycles. The van der Waals surface area contributed by atoms with Crippen molar-refractivity contribution in [2.24, 2.45) is 0 Å². The lowest BCUT2D eigenvalue weighted by Crippen LogP contribution is -2.36. The standard InChI is InChI=1S/C20H26N4O4/c1-13-10-15(19(25)24-8-6-5-7-9-24)23-20(21-13)22-14-11-16(26-2)18(28-4)17(12-14)27-3/h10-12H,5-9H2,1-4H3,(H,21,22,23). The molecule has 1 aromatic carbocycles. The molecule has 0 saturated carbocycles. The number of nitrogens with one attached hydrogen (secondary N) is 1. The van der Waals surface area contributed by atoms with Gasteiger partial charge in [-0.3, -0.25) is 4.79 Å². The molecule has 2 aromatic rings. The Bertz CT molecular complexity index is 825. The van der Waals surface area contributed by atoms with Gasteiger partial charge in [0.15, 0.2) is 11.5 Å². The van der Waals surface area contributed by atoms with Gasteiger partial charge in [-0.1, -0.05) is 0 Å².